The van der Waals surface area contributed by atoms with Crippen molar-refractivity contribution in [2.24, 2.45) is 0 Å². The molecule has 0 saturated carbocycles. The third-order valence-corrected chi connectivity index (χ3v) is 3.20. The highest BCUT2D eigenvalue weighted by atomic mass is 19.4. The van der Waals surface area contributed by atoms with Crippen molar-refractivity contribution in [2.45, 2.75) is 12.4 Å². The number of alkyl halides is 6. The Balaban J connectivity index is 2.24. The van der Waals surface area contributed by atoms with Crippen molar-refractivity contribution >= 4 is 12.2 Å². The first kappa shape index (κ1) is 17.8. The first-order valence-electron chi connectivity index (χ1n) is 6.87. The second kappa shape index (κ2) is 6.95. The molecule has 0 saturated heterocycles. The Morgan fingerprint density at radius 3 is 1.21 bits per heavy atom. The average molecular weight is 342 g/mol. The summed E-state index contributed by atoms with van der Waals surface area (Å²) in [7, 11) is 0. The molecule has 2 aromatic rings. The van der Waals surface area contributed by atoms with Gasteiger partial charge in [0.1, 0.15) is 0 Å². The molecule has 24 heavy (non-hydrogen) atoms. The van der Waals surface area contributed by atoms with Crippen LogP contribution >= 0.6 is 0 Å². The van der Waals surface area contributed by atoms with Crippen LogP contribution in [0.15, 0.2) is 60.7 Å². The van der Waals surface area contributed by atoms with Gasteiger partial charge >= 0.3 is 12.4 Å². The molecule has 0 aliphatic carbocycles. The van der Waals surface area contributed by atoms with Crippen LogP contribution in [-0.4, -0.2) is 0 Å². The molecule has 2 aromatic carbocycles. The zero-order chi connectivity index (χ0) is 17.8. The second-order valence-electron chi connectivity index (χ2n) is 4.89. The molecule has 0 unspecified atom stereocenters. The van der Waals surface area contributed by atoms with Crippen LogP contribution < -0.4 is 0 Å². The molecular formula is C18H12F6. The van der Waals surface area contributed by atoms with Gasteiger partial charge in [-0.3, -0.25) is 0 Å². The highest BCUT2D eigenvalue weighted by Gasteiger charge is 2.33. The lowest BCUT2D eigenvalue weighted by atomic mass is 10.1. The summed E-state index contributed by atoms with van der Waals surface area (Å²) in [5.41, 5.74) is -1.71. The minimum absolute atomic E-state index is 0.0567. The summed E-state index contributed by atoms with van der Waals surface area (Å²) in [5, 5.41) is 0. The lowest BCUT2D eigenvalue weighted by Crippen LogP contribution is -2.06. The van der Waals surface area contributed by atoms with Gasteiger partial charge in [0.05, 0.1) is 11.1 Å². The van der Waals surface area contributed by atoms with Crippen LogP contribution in [0.4, 0.5) is 26.3 Å². The number of hydrogen-bond acceptors (Lipinski definition) is 0. The Morgan fingerprint density at radius 1 is 0.542 bits per heavy atom. The highest BCUT2D eigenvalue weighted by Crippen LogP contribution is 2.33. The Bertz CT molecular complexity index is 685. The van der Waals surface area contributed by atoms with Crippen molar-refractivity contribution < 1.29 is 26.3 Å². The van der Waals surface area contributed by atoms with E-state index in [4.69, 9.17) is 0 Å². The minimum Gasteiger partial charge on any atom is -0.166 e. The predicted molar refractivity (Wildman–Crippen MR) is 81.0 cm³/mol. The number of hydrogen-bond donors (Lipinski definition) is 0. The van der Waals surface area contributed by atoms with Crippen LogP contribution in [0.3, 0.4) is 0 Å². The normalized spacial score (nSPS) is 13.1. The Kier molecular flexibility index (Phi) is 5.17. The average Bonchev–Trinajstić information content (AvgIpc) is 2.50. The molecule has 0 aliphatic rings. The molecule has 126 valence electrons. The predicted octanol–water partition coefficient (Wildman–Crippen LogP) is 6.45. The quantitative estimate of drug-likeness (QED) is 0.444. The van der Waals surface area contributed by atoms with Crippen molar-refractivity contribution in [3.05, 3.63) is 82.9 Å². The highest BCUT2D eigenvalue weighted by molar-refractivity contribution is 5.61. The van der Waals surface area contributed by atoms with Crippen LogP contribution in [0.25, 0.3) is 12.2 Å². The van der Waals surface area contributed by atoms with E-state index in [2.05, 4.69) is 0 Å². The van der Waals surface area contributed by atoms with Gasteiger partial charge in [0.15, 0.2) is 0 Å². The first-order chi connectivity index (χ1) is 11.2. The lowest BCUT2D eigenvalue weighted by molar-refractivity contribution is -0.138. The van der Waals surface area contributed by atoms with E-state index in [1.54, 1.807) is 0 Å². The molecule has 0 fully saturated rings. The smallest absolute Gasteiger partial charge is 0.166 e. The molecular weight excluding hydrogens is 330 g/mol. The van der Waals surface area contributed by atoms with Crippen LogP contribution in [0.1, 0.15) is 22.3 Å². The fourth-order valence-electron chi connectivity index (χ4n) is 2.12. The van der Waals surface area contributed by atoms with Gasteiger partial charge in [-0.25, -0.2) is 0 Å². The fourth-order valence-corrected chi connectivity index (χ4v) is 2.12. The van der Waals surface area contributed by atoms with E-state index in [0.29, 0.717) is 0 Å². The van der Waals surface area contributed by atoms with E-state index in [9.17, 15) is 26.3 Å². The van der Waals surface area contributed by atoms with Gasteiger partial charge in [0.2, 0.25) is 0 Å². The van der Waals surface area contributed by atoms with Crippen molar-refractivity contribution in [1.29, 1.82) is 0 Å². The summed E-state index contributed by atoms with van der Waals surface area (Å²) in [6.07, 6.45) is -4.03. The lowest BCUT2D eigenvalue weighted by Gasteiger charge is -2.09. The maximum absolute atomic E-state index is 12.8. The van der Waals surface area contributed by atoms with Gasteiger partial charge in [0, 0.05) is 0 Å². The summed E-state index contributed by atoms with van der Waals surface area (Å²) in [5.74, 6) is 0. The van der Waals surface area contributed by atoms with Crippen LogP contribution in [0.5, 0.6) is 0 Å². The Hall–Kier alpha value is -2.50. The maximum Gasteiger partial charge on any atom is 0.416 e. The second-order valence-corrected chi connectivity index (χ2v) is 4.89. The molecule has 0 heterocycles. The van der Waals surface area contributed by atoms with Crippen molar-refractivity contribution in [2.75, 3.05) is 0 Å². The van der Waals surface area contributed by atoms with Gasteiger partial charge in [-0.2, -0.15) is 26.3 Å². The molecule has 2 rings (SSSR count). The first-order valence-corrected chi connectivity index (χ1v) is 6.87. The number of benzene rings is 2. The molecule has 0 aromatic heterocycles. The van der Waals surface area contributed by atoms with Crippen LogP contribution in [0.2, 0.25) is 0 Å². The van der Waals surface area contributed by atoms with Gasteiger partial charge in [-0.15, -0.1) is 0 Å². The van der Waals surface area contributed by atoms with Gasteiger partial charge < -0.3 is 0 Å². The van der Waals surface area contributed by atoms with E-state index >= 15 is 0 Å². The molecule has 6 heteroatoms. The third-order valence-electron chi connectivity index (χ3n) is 3.20. The third kappa shape index (κ3) is 4.50. The monoisotopic (exact) mass is 342 g/mol. The van der Waals surface area contributed by atoms with Crippen LogP contribution in [0, 0.1) is 0 Å². The molecule has 0 radical (unpaired) electrons. The summed E-state index contributed by atoms with van der Waals surface area (Å²) in [6.45, 7) is 0. The zero-order valence-corrected chi connectivity index (χ0v) is 12.2. The zero-order valence-electron chi connectivity index (χ0n) is 12.2. The summed E-state index contributed by atoms with van der Waals surface area (Å²) >= 11 is 0. The van der Waals surface area contributed by atoms with E-state index < -0.39 is 23.5 Å². The van der Waals surface area contributed by atoms with E-state index in [-0.39, 0.29) is 11.1 Å². The largest absolute Gasteiger partial charge is 0.416 e. The molecule has 0 atom stereocenters. The van der Waals surface area contributed by atoms with Crippen LogP contribution in [-0.2, 0) is 12.4 Å². The van der Waals surface area contributed by atoms with E-state index in [0.717, 1.165) is 12.1 Å². The summed E-state index contributed by atoms with van der Waals surface area (Å²) < 4.78 is 77.0. The number of halogens is 6. The molecule has 0 amide bonds. The van der Waals surface area contributed by atoms with Gasteiger partial charge in [0.25, 0.3) is 0 Å². The summed E-state index contributed by atoms with van der Waals surface area (Å²) in [4.78, 5) is 0. The number of rotatable bonds is 3. The maximum atomic E-state index is 12.8. The Morgan fingerprint density at radius 2 is 0.875 bits per heavy atom. The molecule has 0 nitrogen and oxygen atoms in total. The minimum atomic E-state index is -4.49. The standard InChI is InChI=1S/C18H12F6/c19-17(20,21)15-11-5-3-9-13(15)7-1-2-8-14-10-4-6-12-16(14)18(22,23)24/h1-12H/b7-1+,8-2+. The van der Waals surface area contributed by atoms with Crippen molar-refractivity contribution in [3.63, 3.8) is 0 Å². The van der Waals surface area contributed by atoms with Gasteiger partial charge in [-0.1, -0.05) is 60.7 Å². The van der Waals surface area contributed by atoms with E-state index in [1.807, 2.05) is 0 Å². The summed E-state index contributed by atoms with van der Waals surface area (Å²) in [6, 6.07) is 9.93. The molecule has 0 spiro atoms. The molecule has 0 aliphatic heterocycles. The SMILES string of the molecule is FC(F)(F)c1ccccc1/C=C/C=C/c1ccccc1C(F)(F)F. The van der Waals surface area contributed by atoms with Gasteiger partial charge in [-0.05, 0) is 23.3 Å². The van der Waals surface area contributed by atoms with E-state index in [1.165, 1.54) is 60.7 Å². The number of allylic oxidation sites excluding steroid dienone is 2. The molecule has 0 bridgehead atoms. The Labute approximate surface area is 134 Å². The van der Waals surface area contributed by atoms with Crippen molar-refractivity contribution in [1.82, 2.24) is 0 Å². The fraction of sp³-hybridized carbons (Fsp3) is 0.111. The van der Waals surface area contributed by atoms with Crippen molar-refractivity contribution in [3.8, 4) is 0 Å². The topological polar surface area (TPSA) is 0 Å². The molecule has 0 N–H and O–H groups in total.